The zero-order valence-electron chi connectivity index (χ0n) is 19.2. The Morgan fingerprint density at radius 2 is 1.34 bits per heavy atom. The smallest absolute Gasteiger partial charge is 0.352 e. The number of benzene rings is 2. The molecule has 0 aromatic heterocycles. The van der Waals surface area contributed by atoms with Gasteiger partial charge in [0.25, 0.3) is 0 Å². The Hall–Kier alpha value is -2.13. The minimum absolute atomic E-state index is 0.123. The van der Waals surface area contributed by atoms with Crippen molar-refractivity contribution in [2.75, 3.05) is 13.2 Å². The van der Waals surface area contributed by atoms with Crippen molar-refractivity contribution in [3.8, 4) is 11.1 Å². The van der Waals surface area contributed by atoms with Gasteiger partial charge in [-0.3, -0.25) is 0 Å². The van der Waals surface area contributed by atoms with Crippen LogP contribution in [-0.4, -0.2) is 19.5 Å². The summed E-state index contributed by atoms with van der Waals surface area (Å²) in [5, 5.41) is 0. The first-order valence-electron chi connectivity index (χ1n) is 11.9. The molecule has 0 bridgehead atoms. The first kappa shape index (κ1) is 25.9. The maximum absolute atomic E-state index is 14.9. The second-order valence-corrected chi connectivity index (χ2v) is 9.47. The third-order valence-corrected chi connectivity index (χ3v) is 7.00. The van der Waals surface area contributed by atoms with Crippen molar-refractivity contribution in [1.82, 2.24) is 0 Å². The third-order valence-electron chi connectivity index (χ3n) is 7.00. The van der Waals surface area contributed by atoms with Crippen molar-refractivity contribution in [3.05, 3.63) is 58.7 Å². The highest BCUT2D eigenvalue weighted by Gasteiger charge is 2.38. The van der Waals surface area contributed by atoms with E-state index in [4.69, 9.17) is 9.47 Å². The van der Waals surface area contributed by atoms with E-state index in [2.05, 4.69) is 6.92 Å². The van der Waals surface area contributed by atoms with Gasteiger partial charge in [0.05, 0.1) is 18.8 Å². The number of alkyl halides is 3. The number of halogens is 7. The lowest BCUT2D eigenvalue weighted by Crippen LogP contribution is -2.38. The standard InChI is InChI=1S/C26H27F7O2/c1-2-3-14-12-34-25(35-13-14)16-6-4-15(5-7-16)17-8-19(27)23(20(28)9-17)18-10-21(29)24(22(30)11-18)26(31,32)33/h8-11,14-16,25H,2-7,12-13H2,1H3. The van der Waals surface area contributed by atoms with Gasteiger partial charge in [0.2, 0.25) is 0 Å². The van der Waals surface area contributed by atoms with E-state index in [-0.39, 0.29) is 18.1 Å². The SMILES string of the molecule is CCCC1COC(C2CCC(c3cc(F)c(-c4cc(F)c(C(F)(F)F)c(F)c4)c(F)c3)CC2)OC1. The van der Waals surface area contributed by atoms with Gasteiger partial charge in [-0.2, -0.15) is 13.2 Å². The van der Waals surface area contributed by atoms with Gasteiger partial charge in [-0.05, 0) is 73.4 Å². The Morgan fingerprint density at radius 3 is 1.83 bits per heavy atom. The second kappa shape index (κ2) is 10.5. The average Bonchev–Trinajstić information content (AvgIpc) is 2.78. The van der Waals surface area contributed by atoms with Gasteiger partial charge < -0.3 is 9.47 Å². The molecular weight excluding hydrogens is 477 g/mol. The molecule has 2 aliphatic rings. The first-order chi connectivity index (χ1) is 16.6. The zero-order valence-corrected chi connectivity index (χ0v) is 19.2. The highest BCUT2D eigenvalue weighted by molar-refractivity contribution is 5.66. The van der Waals surface area contributed by atoms with Crippen LogP contribution in [0.1, 0.15) is 62.5 Å². The van der Waals surface area contributed by atoms with Crippen LogP contribution in [-0.2, 0) is 15.7 Å². The van der Waals surface area contributed by atoms with Crippen molar-refractivity contribution in [3.63, 3.8) is 0 Å². The van der Waals surface area contributed by atoms with E-state index in [9.17, 15) is 30.7 Å². The number of hydrogen-bond acceptors (Lipinski definition) is 2. The van der Waals surface area contributed by atoms with Crippen LogP contribution in [0.2, 0.25) is 0 Å². The maximum Gasteiger partial charge on any atom is 0.422 e. The van der Waals surface area contributed by atoms with E-state index in [1.54, 1.807) is 0 Å². The maximum atomic E-state index is 14.9. The summed E-state index contributed by atoms with van der Waals surface area (Å²) in [6, 6.07) is 2.79. The fourth-order valence-corrected chi connectivity index (χ4v) is 5.22. The van der Waals surface area contributed by atoms with Crippen molar-refractivity contribution < 1.29 is 40.2 Å². The molecule has 35 heavy (non-hydrogen) atoms. The monoisotopic (exact) mass is 504 g/mol. The van der Waals surface area contributed by atoms with E-state index in [1.165, 1.54) is 0 Å². The molecule has 0 radical (unpaired) electrons. The summed E-state index contributed by atoms with van der Waals surface area (Å²) in [7, 11) is 0. The van der Waals surface area contributed by atoms with Gasteiger partial charge in [0.1, 0.15) is 28.8 Å². The Bertz CT molecular complexity index is 990. The molecular formula is C26H27F7O2. The highest BCUT2D eigenvalue weighted by Crippen LogP contribution is 2.41. The summed E-state index contributed by atoms with van der Waals surface area (Å²) < 4.78 is 108. The van der Waals surface area contributed by atoms with Gasteiger partial charge in [-0.15, -0.1) is 0 Å². The normalized spacial score (nSPS) is 25.6. The molecule has 1 saturated carbocycles. The molecule has 4 rings (SSSR count). The van der Waals surface area contributed by atoms with Crippen molar-refractivity contribution in [1.29, 1.82) is 0 Å². The van der Waals surface area contributed by atoms with Crippen LogP contribution in [0.25, 0.3) is 11.1 Å². The Balaban J connectivity index is 1.46. The Morgan fingerprint density at radius 1 is 0.800 bits per heavy atom. The molecule has 1 aliphatic heterocycles. The summed E-state index contributed by atoms with van der Waals surface area (Å²) >= 11 is 0. The number of hydrogen-bond donors (Lipinski definition) is 0. The molecule has 0 spiro atoms. The van der Waals surface area contributed by atoms with E-state index in [0.29, 0.717) is 49.7 Å². The quantitative estimate of drug-likeness (QED) is 0.384. The summed E-state index contributed by atoms with van der Waals surface area (Å²) in [5.41, 5.74) is -3.09. The van der Waals surface area contributed by atoms with Crippen LogP contribution in [0, 0.1) is 35.1 Å². The van der Waals surface area contributed by atoms with Gasteiger partial charge >= 0.3 is 6.18 Å². The molecule has 0 N–H and O–H groups in total. The predicted octanol–water partition coefficient (Wildman–Crippen LogP) is 7.99. The molecule has 2 fully saturated rings. The molecule has 0 atom stereocenters. The molecule has 192 valence electrons. The Labute approximate surface area is 199 Å². The van der Waals surface area contributed by atoms with E-state index in [0.717, 1.165) is 37.8 Å². The van der Waals surface area contributed by atoms with Crippen LogP contribution in [0.15, 0.2) is 24.3 Å². The summed E-state index contributed by atoms with van der Waals surface area (Å²) in [6.07, 6.45) is -0.577. The lowest BCUT2D eigenvalue weighted by atomic mass is 9.78. The van der Waals surface area contributed by atoms with Gasteiger partial charge in [-0.1, -0.05) is 13.3 Å². The van der Waals surface area contributed by atoms with Crippen LogP contribution in [0.3, 0.4) is 0 Å². The fraction of sp³-hybridized carbons (Fsp3) is 0.538. The van der Waals surface area contributed by atoms with Gasteiger partial charge in [0, 0.05) is 11.8 Å². The summed E-state index contributed by atoms with van der Waals surface area (Å²) in [4.78, 5) is 0. The number of rotatable bonds is 5. The van der Waals surface area contributed by atoms with Crippen LogP contribution >= 0.6 is 0 Å². The van der Waals surface area contributed by atoms with E-state index < -0.39 is 46.1 Å². The Kier molecular flexibility index (Phi) is 7.76. The van der Waals surface area contributed by atoms with E-state index >= 15 is 0 Å². The molecule has 2 aromatic rings. The van der Waals surface area contributed by atoms with Gasteiger partial charge in [-0.25, -0.2) is 17.6 Å². The second-order valence-electron chi connectivity index (χ2n) is 9.47. The van der Waals surface area contributed by atoms with Crippen molar-refractivity contribution in [2.45, 2.75) is 63.8 Å². The molecule has 2 nitrogen and oxygen atoms in total. The minimum Gasteiger partial charge on any atom is -0.352 e. The van der Waals surface area contributed by atoms with E-state index in [1.807, 2.05) is 0 Å². The third kappa shape index (κ3) is 5.66. The molecule has 2 aromatic carbocycles. The fourth-order valence-electron chi connectivity index (χ4n) is 5.22. The van der Waals surface area contributed by atoms with Crippen LogP contribution in [0.4, 0.5) is 30.7 Å². The minimum atomic E-state index is -5.27. The van der Waals surface area contributed by atoms with Crippen molar-refractivity contribution >= 4 is 0 Å². The molecule has 0 unspecified atom stereocenters. The van der Waals surface area contributed by atoms with Crippen LogP contribution in [0.5, 0.6) is 0 Å². The topological polar surface area (TPSA) is 18.5 Å². The predicted molar refractivity (Wildman–Crippen MR) is 116 cm³/mol. The summed E-state index contributed by atoms with van der Waals surface area (Å²) in [6.45, 7) is 3.45. The van der Waals surface area contributed by atoms with Crippen molar-refractivity contribution in [2.24, 2.45) is 11.8 Å². The largest absolute Gasteiger partial charge is 0.422 e. The summed E-state index contributed by atoms with van der Waals surface area (Å²) in [5.74, 6) is -5.54. The molecule has 1 saturated heterocycles. The molecule has 1 heterocycles. The van der Waals surface area contributed by atoms with Gasteiger partial charge in [0.15, 0.2) is 6.29 Å². The molecule has 0 amide bonds. The average molecular weight is 504 g/mol. The number of ether oxygens (including phenoxy) is 2. The molecule has 9 heteroatoms. The lowest BCUT2D eigenvalue weighted by Gasteiger charge is -2.37. The first-order valence-corrected chi connectivity index (χ1v) is 11.9. The lowest BCUT2D eigenvalue weighted by molar-refractivity contribution is -0.229. The molecule has 1 aliphatic carbocycles. The van der Waals surface area contributed by atoms with Crippen LogP contribution < -0.4 is 0 Å². The zero-order chi connectivity index (χ0) is 25.3. The highest BCUT2D eigenvalue weighted by atomic mass is 19.4.